The van der Waals surface area contributed by atoms with Crippen LogP contribution in [0.3, 0.4) is 0 Å². The summed E-state index contributed by atoms with van der Waals surface area (Å²) in [6.45, 7) is 4.01. The normalized spacial score (nSPS) is 12.8. The number of benzene rings is 1. The summed E-state index contributed by atoms with van der Waals surface area (Å²) in [6, 6.07) is 6.69. The minimum absolute atomic E-state index is 0.101. The van der Waals surface area contributed by atoms with E-state index in [4.69, 9.17) is 0 Å². The predicted molar refractivity (Wildman–Crippen MR) is 81.5 cm³/mol. The van der Waals surface area contributed by atoms with Crippen LogP contribution in [0.15, 0.2) is 24.3 Å². The molecule has 1 rings (SSSR count). The molecule has 0 aliphatic carbocycles. The molecule has 1 N–H and O–H groups in total. The van der Waals surface area contributed by atoms with Gasteiger partial charge in [-0.15, -0.1) is 0 Å². The van der Waals surface area contributed by atoms with E-state index in [-0.39, 0.29) is 11.9 Å². The number of anilines is 1. The highest BCUT2D eigenvalue weighted by Gasteiger charge is 2.14. The van der Waals surface area contributed by atoms with Crippen LogP contribution in [0.5, 0.6) is 0 Å². The van der Waals surface area contributed by atoms with Gasteiger partial charge in [-0.25, -0.2) is 8.42 Å². The largest absolute Gasteiger partial charge is 0.350 e. The summed E-state index contributed by atoms with van der Waals surface area (Å²) in [7, 11) is -1.86. The fourth-order valence-electron chi connectivity index (χ4n) is 1.85. The molecule has 0 aliphatic heterocycles. The molecule has 0 heterocycles. The molecule has 0 aliphatic rings. The van der Waals surface area contributed by atoms with Gasteiger partial charge < -0.3 is 5.32 Å². The highest BCUT2D eigenvalue weighted by atomic mass is 32.2. The lowest BCUT2D eigenvalue weighted by molar-refractivity contribution is 0.0938. The Balaban J connectivity index is 2.91. The Hall–Kier alpha value is -1.56. The van der Waals surface area contributed by atoms with Gasteiger partial charge in [0.05, 0.1) is 11.9 Å². The van der Waals surface area contributed by atoms with E-state index < -0.39 is 10.0 Å². The molecule has 1 aromatic rings. The van der Waals surface area contributed by atoms with Gasteiger partial charge in [0.2, 0.25) is 10.0 Å². The Morgan fingerprint density at radius 2 is 2.05 bits per heavy atom. The minimum atomic E-state index is -3.33. The smallest absolute Gasteiger partial charge is 0.251 e. The second kappa shape index (κ2) is 6.74. The van der Waals surface area contributed by atoms with E-state index in [0.29, 0.717) is 11.3 Å². The summed E-state index contributed by atoms with van der Waals surface area (Å²) in [5.41, 5.74) is 0.934. The van der Waals surface area contributed by atoms with Crippen LogP contribution < -0.4 is 9.62 Å². The summed E-state index contributed by atoms with van der Waals surface area (Å²) < 4.78 is 24.2. The maximum atomic E-state index is 12.1. The zero-order chi connectivity index (χ0) is 15.3. The van der Waals surface area contributed by atoms with Crippen LogP contribution in [-0.4, -0.2) is 33.7 Å². The van der Waals surface area contributed by atoms with E-state index in [9.17, 15) is 13.2 Å². The third-order valence-electron chi connectivity index (χ3n) is 3.07. The van der Waals surface area contributed by atoms with Crippen molar-refractivity contribution < 1.29 is 13.2 Å². The van der Waals surface area contributed by atoms with Crippen LogP contribution in [-0.2, 0) is 10.0 Å². The third kappa shape index (κ3) is 4.52. The Kier molecular flexibility index (Phi) is 5.56. The maximum absolute atomic E-state index is 12.1. The molecule has 1 aromatic carbocycles. The van der Waals surface area contributed by atoms with Gasteiger partial charge in [0.1, 0.15) is 0 Å². The van der Waals surface area contributed by atoms with Gasteiger partial charge in [-0.2, -0.15) is 0 Å². The molecule has 1 amide bonds. The maximum Gasteiger partial charge on any atom is 0.251 e. The standard InChI is InChI=1S/C14H22N2O3S/c1-5-7-11(2)15-14(17)12-8-6-9-13(10-12)16(3)20(4,18)19/h6,8-11H,5,7H2,1-4H3,(H,15,17)/t11-/m0/s1. The number of nitrogens with zero attached hydrogens (tertiary/aromatic N) is 1. The van der Waals surface area contributed by atoms with Gasteiger partial charge in [-0.3, -0.25) is 9.10 Å². The van der Waals surface area contributed by atoms with Gasteiger partial charge >= 0.3 is 0 Å². The zero-order valence-electron chi connectivity index (χ0n) is 12.4. The van der Waals surface area contributed by atoms with E-state index in [1.54, 1.807) is 24.3 Å². The topological polar surface area (TPSA) is 66.5 Å². The van der Waals surface area contributed by atoms with Crippen LogP contribution in [0.25, 0.3) is 0 Å². The number of nitrogens with one attached hydrogen (secondary N) is 1. The van der Waals surface area contributed by atoms with Crippen LogP contribution in [0.4, 0.5) is 5.69 Å². The highest BCUT2D eigenvalue weighted by Crippen LogP contribution is 2.17. The summed E-state index contributed by atoms with van der Waals surface area (Å²) in [5.74, 6) is -0.185. The first kappa shape index (κ1) is 16.5. The molecule has 6 heteroatoms. The van der Waals surface area contributed by atoms with E-state index in [1.165, 1.54) is 7.05 Å². The summed E-state index contributed by atoms with van der Waals surface area (Å²) in [5, 5.41) is 2.90. The molecular formula is C14H22N2O3S. The molecule has 5 nitrogen and oxygen atoms in total. The van der Waals surface area contributed by atoms with Crippen LogP contribution in [0.1, 0.15) is 37.0 Å². The summed E-state index contributed by atoms with van der Waals surface area (Å²) in [6.07, 6.45) is 3.04. The quantitative estimate of drug-likeness (QED) is 0.873. The van der Waals surface area contributed by atoms with Gasteiger partial charge in [-0.1, -0.05) is 19.4 Å². The Morgan fingerprint density at radius 1 is 1.40 bits per heavy atom. The lowest BCUT2D eigenvalue weighted by atomic mass is 10.1. The van der Waals surface area contributed by atoms with Crippen LogP contribution in [0, 0.1) is 0 Å². The molecule has 0 radical (unpaired) electrons. The van der Waals surface area contributed by atoms with E-state index in [1.807, 2.05) is 6.92 Å². The molecule has 112 valence electrons. The van der Waals surface area contributed by atoms with Gasteiger partial charge in [0, 0.05) is 18.7 Å². The average molecular weight is 298 g/mol. The molecule has 0 saturated carbocycles. The first-order valence-electron chi connectivity index (χ1n) is 6.60. The summed E-state index contributed by atoms with van der Waals surface area (Å²) >= 11 is 0. The van der Waals surface area contributed by atoms with Crippen LogP contribution in [0.2, 0.25) is 0 Å². The van der Waals surface area contributed by atoms with Crippen molar-refractivity contribution in [1.82, 2.24) is 5.32 Å². The second-order valence-corrected chi connectivity index (χ2v) is 6.96. The second-order valence-electron chi connectivity index (χ2n) is 4.94. The molecule has 0 aromatic heterocycles. The molecule has 0 unspecified atom stereocenters. The van der Waals surface area contributed by atoms with Crippen molar-refractivity contribution in [2.75, 3.05) is 17.6 Å². The minimum Gasteiger partial charge on any atom is -0.350 e. The predicted octanol–water partition coefficient (Wildman–Crippen LogP) is 2.00. The van der Waals surface area contributed by atoms with Crippen molar-refractivity contribution in [3.8, 4) is 0 Å². The number of carbonyl (C=O) groups is 1. The van der Waals surface area contributed by atoms with Crippen molar-refractivity contribution in [3.63, 3.8) is 0 Å². The number of hydrogen-bond donors (Lipinski definition) is 1. The van der Waals surface area contributed by atoms with E-state index >= 15 is 0 Å². The lowest BCUT2D eigenvalue weighted by Crippen LogP contribution is -2.32. The highest BCUT2D eigenvalue weighted by molar-refractivity contribution is 7.92. The fourth-order valence-corrected chi connectivity index (χ4v) is 2.34. The Bertz CT molecular complexity index is 570. The average Bonchev–Trinajstić information content (AvgIpc) is 2.37. The van der Waals surface area contributed by atoms with Crippen LogP contribution >= 0.6 is 0 Å². The number of rotatable bonds is 6. The lowest BCUT2D eigenvalue weighted by Gasteiger charge is -2.18. The fraction of sp³-hybridized carbons (Fsp3) is 0.500. The van der Waals surface area contributed by atoms with E-state index in [0.717, 1.165) is 23.4 Å². The molecular weight excluding hydrogens is 276 g/mol. The molecule has 0 spiro atoms. The van der Waals surface area contributed by atoms with Crippen molar-refractivity contribution in [2.45, 2.75) is 32.7 Å². The first-order chi connectivity index (χ1) is 9.25. The Labute approximate surface area is 121 Å². The zero-order valence-corrected chi connectivity index (χ0v) is 13.2. The number of amides is 1. The third-order valence-corrected chi connectivity index (χ3v) is 4.27. The van der Waals surface area contributed by atoms with Crippen molar-refractivity contribution in [2.24, 2.45) is 0 Å². The number of carbonyl (C=O) groups excluding carboxylic acids is 1. The SMILES string of the molecule is CCC[C@H](C)NC(=O)c1cccc(N(C)S(C)(=O)=O)c1. The van der Waals surface area contributed by atoms with Crippen molar-refractivity contribution in [3.05, 3.63) is 29.8 Å². The monoisotopic (exact) mass is 298 g/mol. The molecule has 0 fully saturated rings. The number of hydrogen-bond acceptors (Lipinski definition) is 3. The summed E-state index contributed by atoms with van der Waals surface area (Å²) in [4.78, 5) is 12.1. The molecule has 0 bridgehead atoms. The Morgan fingerprint density at radius 3 is 2.60 bits per heavy atom. The van der Waals surface area contributed by atoms with Gasteiger partial charge in [0.15, 0.2) is 0 Å². The molecule has 0 saturated heterocycles. The molecule has 20 heavy (non-hydrogen) atoms. The van der Waals surface area contributed by atoms with Crippen molar-refractivity contribution in [1.29, 1.82) is 0 Å². The van der Waals surface area contributed by atoms with Gasteiger partial charge in [-0.05, 0) is 31.5 Å². The first-order valence-corrected chi connectivity index (χ1v) is 8.45. The molecule has 1 atom stereocenters. The van der Waals surface area contributed by atoms with E-state index in [2.05, 4.69) is 12.2 Å². The van der Waals surface area contributed by atoms with Crippen molar-refractivity contribution >= 4 is 21.6 Å². The number of sulfonamides is 1. The van der Waals surface area contributed by atoms with Gasteiger partial charge in [0.25, 0.3) is 5.91 Å².